The summed E-state index contributed by atoms with van der Waals surface area (Å²) in [6.07, 6.45) is 3.81. The number of hydrogen-bond acceptors (Lipinski definition) is 3. The lowest BCUT2D eigenvalue weighted by Crippen LogP contribution is -3.13. The molecule has 116 valence electrons. The van der Waals surface area contributed by atoms with Crippen LogP contribution >= 0.6 is 0 Å². The number of hydrogen-bond donors (Lipinski definition) is 1. The van der Waals surface area contributed by atoms with Crippen LogP contribution in [-0.2, 0) is 6.54 Å². The SMILES string of the molecule is CCOc1ccccc1N1CC[NH+](Cc2cccnc2)CC1. The van der Waals surface area contributed by atoms with Gasteiger partial charge in [0.2, 0.25) is 0 Å². The van der Waals surface area contributed by atoms with Gasteiger partial charge >= 0.3 is 0 Å². The van der Waals surface area contributed by atoms with Crippen molar-refractivity contribution in [3.05, 3.63) is 54.4 Å². The van der Waals surface area contributed by atoms with Crippen molar-refractivity contribution in [2.45, 2.75) is 13.5 Å². The van der Waals surface area contributed by atoms with Crippen LogP contribution in [0.25, 0.3) is 0 Å². The van der Waals surface area contributed by atoms with E-state index in [1.54, 1.807) is 4.90 Å². The average molecular weight is 298 g/mol. The molecule has 3 rings (SSSR count). The third-order valence-electron chi connectivity index (χ3n) is 4.15. The van der Waals surface area contributed by atoms with Crippen LogP contribution in [0.1, 0.15) is 12.5 Å². The van der Waals surface area contributed by atoms with Crippen molar-refractivity contribution >= 4 is 5.69 Å². The second-order valence-corrected chi connectivity index (χ2v) is 5.68. The molecule has 0 amide bonds. The van der Waals surface area contributed by atoms with Gasteiger partial charge in [0, 0.05) is 18.0 Å². The van der Waals surface area contributed by atoms with Crippen LogP contribution in [0, 0.1) is 0 Å². The first-order valence-corrected chi connectivity index (χ1v) is 8.06. The number of piperazine rings is 1. The Kier molecular flexibility index (Phi) is 4.91. The van der Waals surface area contributed by atoms with Crippen LogP contribution in [0.3, 0.4) is 0 Å². The number of aromatic nitrogens is 1. The zero-order chi connectivity index (χ0) is 15.2. The number of quaternary nitrogens is 1. The van der Waals surface area contributed by atoms with Crippen LogP contribution in [0.15, 0.2) is 48.8 Å². The monoisotopic (exact) mass is 298 g/mol. The molecule has 1 aromatic carbocycles. The topological polar surface area (TPSA) is 29.8 Å². The third-order valence-corrected chi connectivity index (χ3v) is 4.15. The summed E-state index contributed by atoms with van der Waals surface area (Å²) in [5, 5.41) is 0. The molecular formula is C18H24N3O+. The number of anilines is 1. The molecule has 0 saturated carbocycles. The van der Waals surface area contributed by atoms with E-state index in [4.69, 9.17) is 4.74 Å². The lowest BCUT2D eigenvalue weighted by Gasteiger charge is -2.34. The Morgan fingerprint density at radius 3 is 2.68 bits per heavy atom. The van der Waals surface area contributed by atoms with Gasteiger partial charge in [-0.05, 0) is 25.1 Å². The summed E-state index contributed by atoms with van der Waals surface area (Å²) in [5.74, 6) is 1.00. The van der Waals surface area contributed by atoms with E-state index >= 15 is 0 Å². The van der Waals surface area contributed by atoms with Crippen LogP contribution < -0.4 is 14.5 Å². The minimum Gasteiger partial charge on any atom is -0.492 e. The first kappa shape index (κ1) is 14.9. The molecular weight excluding hydrogens is 274 g/mol. The Labute approximate surface area is 132 Å². The van der Waals surface area contributed by atoms with Gasteiger partial charge in [0.1, 0.15) is 12.3 Å². The fourth-order valence-electron chi connectivity index (χ4n) is 3.03. The van der Waals surface area contributed by atoms with Gasteiger partial charge in [-0.3, -0.25) is 4.98 Å². The second-order valence-electron chi connectivity index (χ2n) is 5.68. The minimum atomic E-state index is 0.712. The maximum absolute atomic E-state index is 5.76. The van der Waals surface area contributed by atoms with E-state index in [2.05, 4.69) is 34.1 Å². The van der Waals surface area contributed by atoms with Gasteiger partial charge in [0.25, 0.3) is 0 Å². The number of pyridine rings is 1. The zero-order valence-electron chi connectivity index (χ0n) is 13.2. The molecule has 2 aromatic rings. The molecule has 1 fully saturated rings. The molecule has 2 heterocycles. The molecule has 22 heavy (non-hydrogen) atoms. The molecule has 0 bridgehead atoms. The molecule has 0 unspecified atom stereocenters. The van der Waals surface area contributed by atoms with Crippen molar-refractivity contribution in [3.63, 3.8) is 0 Å². The van der Waals surface area contributed by atoms with Crippen molar-refractivity contribution in [2.24, 2.45) is 0 Å². The molecule has 0 spiro atoms. The summed E-state index contributed by atoms with van der Waals surface area (Å²) in [5.41, 5.74) is 2.55. The van der Waals surface area contributed by atoms with Crippen molar-refractivity contribution in [1.82, 2.24) is 4.98 Å². The van der Waals surface area contributed by atoms with Gasteiger partial charge in [0.15, 0.2) is 0 Å². The Bertz CT molecular complexity index is 580. The fourth-order valence-corrected chi connectivity index (χ4v) is 3.03. The first-order chi connectivity index (χ1) is 10.9. The molecule has 0 atom stereocenters. The normalized spacial score (nSPS) is 15.8. The molecule has 4 nitrogen and oxygen atoms in total. The molecule has 1 saturated heterocycles. The summed E-state index contributed by atoms with van der Waals surface area (Å²) in [6, 6.07) is 12.5. The standard InChI is InChI=1S/C18H23N3O/c1-2-22-18-8-4-3-7-17(18)21-12-10-20(11-13-21)15-16-6-5-9-19-14-16/h3-9,14H,2,10-13,15H2,1H3/p+1. The maximum Gasteiger partial charge on any atom is 0.142 e. The van der Waals surface area contributed by atoms with Crippen LogP contribution in [0.2, 0.25) is 0 Å². The molecule has 1 aromatic heterocycles. The average Bonchev–Trinajstić information content (AvgIpc) is 2.58. The van der Waals surface area contributed by atoms with Crippen LogP contribution in [-0.4, -0.2) is 37.8 Å². The molecule has 0 radical (unpaired) electrons. The largest absolute Gasteiger partial charge is 0.492 e. The summed E-state index contributed by atoms with van der Waals surface area (Å²) < 4.78 is 5.76. The molecule has 1 N–H and O–H groups in total. The number of nitrogens with one attached hydrogen (secondary N) is 1. The number of benzene rings is 1. The van der Waals surface area contributed by atoms with E-state index in [-0.39, 0.29) is 0 Å². The van der Waals surface area contributed by atoms with Crippen LogP contribution in [0.4, 0.5) is 5.69 Å². The van der Waals surface area contributed by atoms with E-state index in [0.29, 0.717) is 6.61 Å². The lowest BCUT2D eigenvalue weighted by molar-refractivity contribution is -0.914. The van der Waals surface area contributed by atoms with Crippen molar-refractivity contribution in [1.29, 1.82) is 0 Å². The highest BCUT2D eigenvalue weighted by molar-refractivity contribution is 5.58. The van der Waals surface area contributed by atoms with E-state index in [0.717, 1.165) is 38.5 Å². The Morgan fingerprint density at radius 2 is 1.95 bits per heavy atom. The summed E-state index contributed by atoms with van der Waals surface area (Å²) in [6.45, 7) is 8.24. The maximum atomic E-state index is 5.76. The smallest absolute Gasteiger partial charge is 0.142 e. The quantitative estimate of drug-likeness (QED) is 0.904. The number of rotatable bonds is 5. The van der Waals surface area contributed by atoms with E-state index in [9.17, 15) is 0 Å². The Hall–Kier alpha value is -2.07. The molecule has 4 heteroatoms. The summed E-state index contributed by atoms with van der Waals surface area (Å²) >= 11 is 0. The van der Waals surface area contributed by atoms with E-state index in [1.165, 1.54) is 11.3 Å². The number of ether oxygens (including phenoxy) is 1. The van der Waals surface area contributed by atoms with Crippen molar-refractivity contribution in [3.8, 4) is 5.75 Å². The highest BCUT2D eigenvalue weighted by atomic mass is 16.5. The Balaban J connectivity index is 1.60. The van der Waals surface area contributed by atoms with Crippen molar-refractivity contribution < 1.29 is 9.64 Å². The predicted octanol–water partition coefficient (Wildman–Crippen LogP) is 1.39. The highest BCUT2D eigenvalue weighted by Gasteiger charge is 2.22. The molecule has 1 aliphatic heterocycles. The predicted molar refractivity (Wildman–Crippen MR) is 88.5 cm³/mol. The molecule has 1 aliphatic rings. The second kappa shape index (κ2) is 7.27. The van der Waals surface area contributed by atoms with Gasteiger partial charge < -0.3 is 14.5 Å². The lowest BCUT2D eigenvalue weighted by atomic mass is 10.2. The third kappa shape index (κ3) is 3.57. The highest BCUT2D eigenvalue weighted by Crippen LogP contribution is 2.27. The first-order valence-electron chi connectivity index (χ1n) is 8.06. The Morgan fingerprint density at radius 1 is 1.14 bits per heavy atom. The van der Waals surface area contributed by atoms with Crippen LogP contribution in [0.5, 0.6) is 5.75 Å². The van der Waals surface area contributed by atoms with Crippen molar-refractivity contribution in [2.75, 3.05) is 37.7 Å². The summed E-state index contributed by atoms with van der Waals surface area (Å²) in [4.78, 5) is 8.27. The number of para-hydroxylation sites is 2. The zero-order valence-corrected chi connectivity index (χ0v) is 13.2. The van der Waals surface area contributed by atoms with Gasteiger partial charge in [-0.1, -0.05) is 18.2 Å². The van der Waals surface area contributed by atoms with Gasteiger partial charge in [-0.25, -0.2) is 0 Å². The van der Waals surface area contributed by atoms with E-state index in [1.807, 2.05) is 31.5 Å². The summed E-state index contributed by atoms with van der Waals surface area (Å²) in [7, 11) is 0. The fraction of sp³-hybridized carbons (Fsp3) is 0.389. The molecule has 0 aliphatic carbocycles. The van der Waals surface area contributed by atoms with Gasteiger partial charge in [0.05, 0.1) is 38.5 Å². The van der Waals surface area contributed by atoms with Gasteiger partial charge in [-0.2, -0.15) is 0 Å². The van der Waals surface area contributed by atoms with E-state index < -0.39 is 0 Å². The van der Waals surface area contributed by atoms with Gasteiger partial charge in [-0.15, -0.1) is 0 Å². The minimum absolute atomic E-state index is 0.712. The number of nitrogens with zero attached hydrogens (tertiary/aromatic N) is 2.